The zero-order valence-corrected chi connectivity index (χ0v) is 13.9. The van der Waals surface area contributed by atoms with Crippen molar-refractivity contribution in [2.75, 3.05) is 0 Å². The van der Waals surface area contributed by atoms with Crippen LogP contribution in [0.2, 0.25) is 0 Å². The summed E-state index contributed by atoms with van der Waals surface area (Å²) < 4.78 is 0. The molecule has 0 aliphatic rings. The fourth-order valence-corrected chi connectivity index (χ4v) is 2.93. The first-order valence-electron chi connectivity index (χ1n) is 7.90. The second-order valence-corrected chi connectivity index (χ2v) is 6.17. The Kier molecular flexibility index (Phi) is 5.37. The number of hydrogen-bond donors (Lipinski definition) is 1. The van der Waals surface area contributed by atoms with E-state index in [0.717, 1.165) is 29.5 Å². The maximum absolute atomic E-state index is 12.5. The van der Waals surface area contributed by atoms with Gasteiger partial charge in [0.15, 0.2) is 0 Å². The van der Waals surface area contributed by atoms with Crippen molar-refractivity contribution in [1.29, 1.82) is 0 Å². The Bertz CT molecular complexity index is 623. The monoisotopic (exact) mass is 295 g/mol. The third kappa shape index (κ3) is 4.20. The predicted molar refractivity (Wildman–Crippen MR) is 92.3 cm³/mol. The van der Waals surface area contributed by atoms with E-state index in [-0.39, 0.29) is 11.9 Å². The minimum atomic E-state index is 0.0376. The molecule has 1 unspecified atom stereocenters. The highest BCUT2D eigenvalue weighted by Crippen LogP contribution is 2.16. The summed E-state index contributed by atoms with van der Waals surface area (Å²) >= 11 is 0. The zero-order chi connectivity index (χ0) is 16.1. The minimum absolute atomic E-state index is 0.0376. The van der Waals surface area contributed by atoms with Crippen LogP contribution in [0, 0.1) is 20.8 Å². The van der Waals surface area contributed by atoms with Gasteiger partial charge in [0.25, 0.3) is 5.91 Å². The van der Waals surface area contributed by atoms with Crippen LogP contribution in [-0.4, -0.2) is 11.9 Å². The van der Waals surface area contributed by atoms with Crippen LogP contribution >= 0.6 is 0 Å². The lowest BCUT2D eigenvalue weighted by molar-refractivity contribution is 0.0937. The van der Waals surface area contributed by atoms with Crippen molar-refractivity contribution in [3.05, 3.63) is 70.3 Å². The van der Waals surface area contributed by atoms with Gasteiger partial charge in [0.1, 0.15) is 0 Å². The fourth-order valence-electron chi connectivity index (χ4n) is 2.93. The van der Waals surface area contributed by atoms with E-state index >= 15 is 0 Å². The standard InChI is InChI=1S/C20H25NO/c1-14-12-15(2)19(16(3)13-14)20(22)21-17(4)10-11-18-8-6-5-7-9-18/h5-9,12-13,17H,10-11H2,1-4H3,(H,21,22). The molecule has 0 fully saturated rings. The molecule has 0 aliphatic heterocycles. The normalized spacial score (nSPS) is 12.0. The van der Waals surface area contributed by atoms with E-state index < -0.39 is 0 Å². The molecule has 116 valence electrons. The van der Waals surface area contributed by atoms with E-state index in [1.165, 1.54) is 11.1 Å². The lowest BCUT2D eigenvalue weighted by Crippen LogP contribution is -2.33. The maximum Gasteiger partial charge on any atom is 0.252 e. The first kappa shape index (κ1) is 16.3. The average molecular weight is 295 g/mol. The second-order valence-electron chi connectivity index (χ2n) is 6.17. The van der Waals surface area contributed by atoms with Crippen molar-refractivity contribution in [3.8, 4) is 0 Å². The predicted octanol–water partition coefficient (Wildman–Crippen LogP) is 4.36. The number of carbonyl (C=O) groups excluding carboxylic acids is 1. The van der Waals surface area contributed by atoms with Crippen molar-refractivity contribution in [3.63, 3.8) is 0 Å². The smallest absolute Gasteiger partial charge is 0.252 e. The van der Waals surface area contributed by atoms with Gasteiger partial charge in [-0.3, -0.25) is 4.79 Å². The molecule has 0 bridgehead atoms. The van der Waals surface area contributed by atoms with E-state index in [9.17, 15) is 4.79 Å². The average Bonchev–Trinajstić information content (AvgIpc) is 2.45. The Morgan fingerprint density at radius 1 is 1.05 bits per heavy atom. The zero-order valence-electron chi connectivity index (χ0n) is 13.9. The highest BCUT2D eigenvalue weighted by molar-refractivity contribution is 5.97. The van der Waals surface area contributed by atoms with E-state index in [1.807, 2.05) is 19.9 Å². The van der Waals surface area contributed by atoms with Crippen LogP contribution in [0.25, 0.3) is 0 Å². The molecule has 2 aromatic carbocycles. The molecular weight excluding hydrogens is 270 g/mol. The van der Waals surface area contributed by atoms with Gasteiger partial charge in [0.2, 0.25) is 0 Å². The molecule has 2 rings (SSSR count). The summed E-state index contributed by atoms with van der Waals surface area (Å²) in [5.74, 6) is 0.0376. The van der Waals surface area contributed by atoms with Crippen molar-refractivity contribution in [1.82, 2.24) is 5.32 Å². The van der Waals surface area contributed by atoms with Crippen molar-refractivity contribution in [2.24, 2.45) is 0 Å². The van der Waals surface area contributed by atoms with Crippen LogP contribution in [0.1, 0.15) is 46.0 Å². The van der Waals surface area contributed by atoms with E-state index in [1.54, 1.807) is 0 Å². The SMILES string of the molecule is Cc1cc(C)c(C(=O)NC(C)CCc2ccccc2)c(C)c1. The maximum atomic E-state index is 12.5. The van der Waals surface area contributed by atoms with Gasteiger partial charge in [-0.15, -0.1) is 0 Å². The molecule has 0 saturated heterocycles. The third-order valence-corrected chi connectivity index (χ3v) is 3.99. The Morgan fingerprint density at radius 3 is 2.23 bits per heavy atom. The Balaban J connectivity index is 1.97. The largest absolute Gasteiger partial charge is 0.350 e. The van der Waals surface area contributed by atoms with Crippen LogP contribution < -0.4 is 5.32 Å². The Hall–Kier alpha value is -2.09. The molecule has 0 aromatic heterocycles. The minimum Gasteiger partial charge on any atom is -0.350 e. The van der Waals surface area contributed by atoms with Gasteiger partial charge in [0, 0.05) is 11.6 Å². The van der Waals surface area contributed by atoms with Gasteiger partial charge in [-0.1, -0.05) is 48.0 Å². The van der Waals surface area contributed by atoms with Gasteiger partial charge < -0.3 is 5.32 Å². The molecule has 1 amide bonds. The Labute approximate surface area is 133 Å². The molecule has 2 aromatic rings. The number of rotatable bonds is 5. The summed E-state index contributed by atoms with van der Waals surface area (Å²) in [5, 5.41) is 3.13. The molecule has 1 atom stereocenters. The van der Waals surface area contributed by atoms with Crippen molar-refractivity contribution >= 4 is 5.91 Å². The highest BCUT2D eigenvalue weighted by Gasteiger charge is 2.15. The molecule has 2 nitrogen and oxygen atoms in total. The lowest BCUT2D eigenvalue weighted by Gasteiger charge is -2.17. The van der Waals surface area contributed by atoms with Crippen molar-refractivity contribution < 1.29 is 4.79 Å². The quantitative estimate of drug-likeness (QED) is 0.872. The number of aryl methyl sites for hydroxylation is 4. The van der Waals surface area contributed by atoms with Crippen LogP contribution in [0.5, 0.6) is 0 Å². The van der Waals surface area contributed by atoms with E-state index in [0.29, 0.717) is 0 Å². The lowest BCUT2D eigenvalue weighted by atomic mass is 9.98. The molecule has 0 heterocycles. The molecular formula is C20H25NO. The molecule has 2 heteroatoms. The third-order valence-electron chi connectivity index (χ3n) is 3.99. The molecule has 22 heavy (non-hydrogen) atoms. The number of hydrogen-bond acceptors (Lipinski definition) is 1. The summed E-state index contributed by atoms with van der Waals surface area (Å²) in [4.78, 5) is 12.5. The summed E-state index contributed by atoms with van der Waals surface area (Å²) in [7, 11) is 0. The van der Waals surface area contributed by atoms with Gasteiger partial charge in [-0.05, 0) is 57.2 Å². The first-order chi connectivity index (χ1) is 10.5. The van der Waals surface area contributed by atoms with Crippen molar-refractivity contribution in [2.45, 2.75) is 46.6 Å². The number of carbonyl (C=O) groups is 1. The number of amides is 1. The molecule has 0 saturated carbocycles. The topological polar surface area (TPSA) is 29.1 Å². The van der Waals surface area contributed by atoms with Gasteiger partial charge in [-0.2, -0.15) is 0 Å². The second kappa shape index (κ2) is 7.26. The van der Waals surface area contributed by atoms with Crippen LogP contribution in [0.15, 0.2) is 42.5 Å². The summed E-state index contributed by atoms with van der Waals surface area (Å²) in [5.41, 5.74) is 5.42. The number of benzene rings is 2. The van der Waals surface area contributed by atoms with E-state index in [2.05, 4.69) is 55.6 Å². The molecule has 1 N–H and O–H groups in total. The molecule has 0 aliphatic carbocycles. The van der Waals surface area contributed by atoms with Crippen LogP contribution in [0.4, 0.5) is 0 Å². The van der Waals surface area contributed by atoms with Crippen LogP contribution in [0.3, 0.4) is 0 Å². The Morgan fingerprint density at radius 2 is 1.64 bits per heavy atom. The summed E-state index contributed by atoms with van der Waals surface area (Å²) in [6.07, 6.45) is 1.92. The van der Waals surface area contributed by atoms with Gasteiger partial charge in [-0.25, -0.2) is 0 Å². The fraction of sp³-hybridized carbons (Fsp3) is 0.350. The van der Waals surface area contributed by atoms with Gasteiger partial charge in [0.05, 0.1) is 0 Å². The number of nitrogens with one attached hydrogen (secondary N) is 1. The summed E-state index contributed by atoms with van der Waals surface area (Å²) in [6, 6.07) is 14.7. The first-order valence-corrected chi connectivity index (χ1v) is 7.90. The van der Waals surface area contributed by atoms with Gasteiger partial charge >= 0.3 is 0 Å². The summed E-state index contributed by atoms with van der Waals surface area (Å²) in [6.45, 7) is 8.14. The molecule has 0 radical (unpaired) electrons. The van der Waals surface area contributed by atoms with E-state index in [4.69, 9.17) is 0 Å². The van der Waals surface area contributed by atoms with Crippen LogP contribution in [-0.2, 0) is 6.42 Å². The molecule has 0 spiro atoms. The highest BCUT2D eigenvalue weighted by atomic mass is 16.1.